The van der Waals surface area contributed by atoms with E-state index in [-0.39, 0.29) is 5.56 Å². The van der Waals surface area contributed by atoms with Gasteiger partial charge in [-0.1, -0.05) is 17.8 Å². The fourth-order valence-electron chi connectivity index (χ4n) is 2.10. The SMILES string of the molecule is C=CCn1c(SCCn2cc(C#N)cn2)nc2ccsc2c1=O. The van der Waals surface area contributed by atoms with Crippen LogP contribution < -0.4 is 5.56 Å². The van der Waals surface area contributed by atoms with E-state index in [2.05, 4.69) is 16.7 Å². The minimum absolute atomic E-state index is 0.0294. The van der Waals surface area contributed by atoms with Gasteiger partial charge in [-0.3, -0.25) is 14.0 Å². The van der Waals surface area contributed by atoms with Crippen LogP contribution in [0.2, 0.25) is 0 Å². The number of hydrogen-bond donors (Lipinski definition) is 0. The summed E-state index contributed by atoms with van der Waals surface area (Å²) in [5, 5.41) is 15.5. The van der Waals surface area contributed by atoms with E-state index in [1.54, 1.807) is 21.5 Å². The molecular formula is C15H13N5OS2. The molecule has 0 aliphatic carbocycles. The van der Waals surface area contributed by atoms with Crippen molar-refractivity contribution >= 4 is 33.3 Å². The molecule has 0 N–H and O–H groups in total. The third kappa shape index (κ3) is 3.21. The Morgan fingerprint density at radius 1 is 1.52 bits per heavy atom. The predicted octanol–water partition coefficient (Wildman–Crippen LogP) is 2.50. The van der Waals surface area contributed by atoms with E-state index < -0.39 is 0 Å². The lowest BCUT2D eigenvalue weighted by molar-refractivity contribution is 0.654. The minimum atomic E-state index is -0.0294. The molecule has 3 aromatic rings. The van der Waals surface area contributed by atoms with Crippen LogP contribution in [0.15, 0.2) is 46.4 Å². The molecule has 116 valence electrons. The van der Waals surface area contributed by atoms with E-state index in [9.17, 15) is 4.79 Å². The zero-order valence-corrected chi connectivity index (χ0v) is 13.8. The summed E-state index contributed by atoms with van der Waals surface area (Å²) in [5.74, 6) is 0.700. The van der Waals surface area contributed by atoms with Crippen molar-refractivity contribution in [2.75, 3.05) is 5.75 Å². The summed E-state index contributed by atoms with van der Waals surface area (Å²) in [7, 11) is 0. The van der Waals surface area contributed by atoms with Gasteiger partial charge in [0, 0.05) is 18.5 Å². The summed E-state index contributed by atoms with van der Waals surface area (Å²) in [6, 6.07) is 3.91. The van der Waals surface area contributed by atoms with Crippen molar-refractivity contribution in [1.82, 2.24) is 19.3 Å². The van der Waals surface area contributed by atoms with E-state index in [1.807, 2.05) is 17.5 Å². The first kappa shape index (κ1) is 15.5. The Bertz CT molecular complexity index is 947. The monoisotopic (exact) mass is 343 g/mol. The van der Waals surface area contributed by atoms with Crippen LogP contribution in [0.25, 0.3) is 10.2 Å². The number of nitrogens with zero attached hydrogens (tertiary/aromatic N) is 5. The third-order valence-electron chi connectivity index (χ3n) is 3.16. The van der Waals surface area contributed by atoms with E-state index >= 15 is 0 Å². The molecule has 0 amide bonds. The number of rotatable bonds is 6. The lowest BCUT2D eigenvalue weighted by atomic mass is 10.4. The van der Waals surface area contributed by atoms with Gasteiger partial charge in [0.2, 0.25) is 0 Å². The van der Waals surface area contributed by atoms with E-state index in [4.69, 9.17) is 5.26 Å². The standard InChI is InChI=1S/C15H13N5OS2/c1-2-4-20-14(21)13-12(3-6-22-13)18-15(20)23-7-5-19-10-11(8-16)9-17-19/h2-3,6,9-10H,1,4-5,7H2. The summed E-state index contributed by atoms with van der Waals surface area (Å²) in [6.45, 7) is 4.78. The molecule has 3 aromatic heterocycles. The average Bonchev–Trinajstić information content (AvgIpc) is 3.20. The third-order valence-corrected chi connectivity index (χ3v) is 5.00. The Morgan fingerprint density at radius 3 is 3.13 bits per heavy atom. The molecule has 8 heteroatoms. The van der Waals surface area contributed by atoms with Gasteiger partial charge >= 0.3 is 0 Å². The number of aromatic nitrogens is 4. The first-order valence-electron chi connectivity index (χ1n) is 6.87. The highest BCUT2D eigenvalue weighted by molar-refractivity contribution is 7.99. The molecule has 3 heterocycles. The maximum Gasteiger partial charge on any atom is 0.272 e. The Kier molecular flexibility index (Phi) is 4.60. The Morgan fingerprint density at radius 2 is 2.39 bits per heavy atom. The number of allylic oxidation sites excluding steroid dienone is 1. The smallest absolute Gasteiger partial charge is 0.272 e. The van der Waals surface area contributed by atoms with Crippen molar-refractivity contribution in [3.63, 3.8) is 0 Å². The van der Waals surface area contributed by atoms with Gasteiger partial charge in [0.1, 0.15) is 10.8 Å². The molecule has 6 nitrogen and oxygen atoms in total. The number of nitriles is 1. The number of hydrogen-bond acceptors (Lipinski definition) is 6. The lowest BCUT2D eigenvalue weighted by Gasteiger charge is -2.09. The van der Waals surface area contributed by atoms with Gasteiger partial charge in [-0.05, 0) is 11.4 Å². The van der Waals surface area contributed by atoms with E-state index in [0.29, 0.717) is 34.3 Å². The van der Waals surface area contributed by atoms with Crippen LogP contribution in [0.4, 0.5) is 0 Å². The first-order valence-corrected chi connectivity index (χ1v) is 8.73. The molecule has 0 saturated carbocycles. The predicted molar refractivity (Wildman–Crippen MR) is 91.7 cm³/mol. The largest absolute Gasteiger partial charge is 0.283 e. The normalized spacial score (nSPS) is 10.7. The van der Waals surface area contributed by atoms with Crippen LogP contribution in [0, 0.1) is 11.3 Å². The van der Waals surface area contributed by atoms with Crippen LogP contribution in [0.3, 0.4) is 0 Å². The molecule has 0 unspecified atom stereocenters. The summed E-state index contributed by atoms with van der Waals surface area (Å²) >= 11 is 2.90. The van der Waals surface area contributed by atoms with Crippen LogP contribution in [-0.4, -0.2) is 25.1 Å². The molecule has 0 bridgehead atoms. The van der Waals surface area contributed by atoms with Crippen LogP contribution >= 0.6 is 23.1 Å². The van der Waals surface area contributed by atoms with Gasteiger partial charge in [-0.2, -0.15) is 10.4 Å². The van der Waals surface area contributed by atoms with Crippen molar-refractivity contribution in [1.29, 1.82) is 5.26 Å². The van der Waals surface area contributed by atoms with Crippen LogP contribution in [-0.2, 0) is 13.1 Å². The van der Waals surface area contributed by atoms with Crippen LogP contribution in [0.1, 0.15) is 5.56 Å². The molecule has 0 aromatic carbocycles. The highest BCUT2D eigenvalue weighted by Gasteiger charge is 2.11. The van der Waals surface area contributed by atoms with Gasteiger partial charge in [-0.15, -0.1) is 17.9 Å². The fourth-order valence-corrected chi connectivity index (χ4v) is 3.81. The minimum Gasteiger partial charge on any atom is -0.283 e. The van der Waals surface area contributed by atoms with Crippen molar-refractivity contribution < 1.29 is 0 Å². The van der Waals surface area contributed by atoms with Crippen molar-refractivity contribution in [2.24, 2.45) is 0 Å². The summed E-state index contributed by atoms with van der Waals surface area (Å²) in [4.78, 5) is 17.1. The van der Waals surface area contributed by atoms with E-state index in [0.717, 1.165) is 5.52 Å². The Balaban J connectivity index is 1.81. The van der Waals surface area contributed by atoms with Gasteiger partial charge in [-0.25, -0.2) is 4.98 Å². The molecule has 0 radical (unpaired) electrons. The molecule has 0 aliphatic rings. The molecule has 0 spiro atoms. The Labute approximate surface area is 140 Å². The number of thioether (sulfide) groups is 1. The second-order valence-electron chi connectivity index (χ2n) is 4.69. The first-order chi connectivity index (χ1) is 11.2. The molecule has 0 saturated heterocycles. The number of aryl methyl sites for hydroxylation is 1. The molecule has 0 fully saturated rings. The number of fused-ring (bicyclic) bond motifs is 1. The molecule has 23 heavy (non-hydrogen) atoms. The van der Waals surface area contributed by atoms with E-state index in [1.165, 1.54) is 29.3 Å². The summed E-state index contributed by atoms with van der Waals surface area (Å²) in [5.41, 5.74) is 1.24. The highest BCUT2D eigenvalue weighted by Crippen LogP contribution is 2.21. The second-order valence-corrected chi connectivity index (χ2v) is 6.66. The van der Waals surface area contributed by atoms with Gasteiger partial charge in [0.15, 0.2) is 5.16 Å². The average molecular weight is 343 g/mol. The molecule has 0 aliphatic heterocycles. The zero-order valence-electron chi connectivity index (χ0n) is 12.2. The summed E-state index contributed by atoms with van der Waals surface area (Å²) in [6.07, 6.45) is 4.93. The van der Waals surface area contributed by atoms with Gasteiger partial charge in [0.25, 0.3) is 5.56 Å². The Hall–Kier alpha value is -2.37. The second kappa shape index (κ2) is 6.81. The number of thiophene rings is 1. The molecule has 3 rings (SSSR count). The lowest BCUT2D eigenvalue weighted by Crippen LogP contribution is -2.22. The van der Waals surface area contributed by atoms with Crippen molar-refractivity contribution in [3.8, 4) is 6.07 Å². The molecule has 0 atom stereocenters. The fraction of sp³-hybridized carbons (Fsp3) is 0.200. The molecular weight excluding hydrogens is 330 g/mol. The van der Waals surface area contributed by atoms with Gasteiger partial charge in [0.05, 0.1) is 23.8 Å². The van der Waals surface area contributed by atoms with Crippen LogP contribution in [0.5, 0.6) is 0 Å². The van der Waals surface area contributed by atoms with Gasteiger partial charge < -0.3 is 0 Å². The van der Waals surface area contributed by atoms with Crippen molar-refractivity contribution in [2.45, 2.75) is 18.2 Å². The maximum absolute atomic E-state index is 12.5. The summed E-state index contributed by atoms with van der Waals surface area (Å²) < 4.78 is 4.02. The quantitative estimate of drug-likeness (QED) is 0.390. The zero-order chi connectivity index (χ0) is 16.2. The maximum atomic E-state index is 12.5. The van der Waals surface area contributed by atoms with Crippen molar-refractivity contribution in [3.05, 3.63) is 52.4 Å². The highest BCUT2D eigenvalue weighted by atomic mass is 32.2. The topological polar surface area (TPSA) is 76.5 Å².